The number of carbonyl (C=O) groups is 1. The van der Waals surface area contributed by atoms with Crippen LogP contribution in [0.4, 0.5) is 5.69 Å². The van der Waals surface area contributed by atoms with Crippen molar-refractivity contribution in [3.8, 4) is 0 Å². The minimum absolute atomic E-state index is 0.00417. The quantitative estimate of drug-likeness (QED) is 0.888. The summed E-state index contributed by atoms with van der Waals surface area (Å²) in [7, 11) is 0. The van der Waals surface area contributed by atoms with E-state index in [0.717, 1.165) is 31.6 Å². The molecule has 2 atom stereocenters. The topological polar surface area (TPSA) is 57.3 Å². The van der Waals surface area contributed by atoms with Gasteiger partial charge in [0.1, 0.15) is 0 Å². The Kier molecular flexibility index (Phi) is 4.39. The van der Waals surface area contributed by atoms with Gasteiger partial charge in [-0.3, -0.25) is 9.78 Å². The van der Waals surface area contributed by atoms with Gasteiger partial charge in [0.2, 0.25) is 0 Å². The van der Waals surface area contributed by atoms with Crippen molar-refractivity contribution >= 4 is 11.6 Å². The first-order chi connectivity index (χ1) is 10.3. The van der Waals surface area contributed by atoms with Crippen LogP contribution in [0.1, 0.15) is 43.0 Å². The van der Waals surface area contributed by atoms with Crippen LogP contribution in [0.15, 0.2) is 18.5 Å². The molecule has 0 spiro atoms. The Balaban J connectivity index is 1.63. The highest BCUT2D eigenvalue weighted by Crippen LogP contribution is 2.27. The molecule has 1 aromatic rings. The lowest BCUT2D eigenvalue weighted by molar-refractivity contribution is 0.0896. The molecule has 3 rings (SSSR count). The lowest BCUT2D eigenvalue weighted by atomic mass is 9.97. The Bertz CT molecular complexity index is 505. The molecule has 0 aliphatic carbocycles. The molecule has 0 radical (unpaired) electrons. The van der Waals surface area contributed by atoms with Gasteiger partial charge < -0.3 is 15.5 Å². The second kappa shape index (κ2) is 6.43. The standard InChI is InChI=1S/C16H24N4O/c1-2-18-15-5-7-17-11-14(15)16(21)19-12-6-9-20-8-3-4-13(20)10-12/h5,7,11-13H,2-4,6,8-10H2,1H3,(H,17,18)(H,19,21). The Hall–Kier alpha value is -1.62. The summed E-state index contributed by atoms with van der Waals surface area (Å²) in [4.78, 5) is 19.1. The molecule has 0 saturated carbocycles. The number of carbonyl (C=O) groups excluding carboxylic acids is 1. The molecule has 2 aliphatic heterocycles. The number of fused-ring (bicyclic) bond motifs is 1. The van der Waals surface area contributed by atoms with Crippen molar-refractivity contribution in [1.82, 2.24) is 15.2 Å². The zero-order chi connectivity index (χ0) is 14.7. The molecule has 2 fully saturated rings. The number of amides is 1. The summed E-state index contributed by atoms with van der Waals surface area (Å²) in [5, 5.41) is 6.42. The maximum Gasteiger partial charge on any atom is 0.255 e. The van der Waals surface area contributed by atoms with Crippen molar-refractivity contribution in [2.24, 2.45) is 0 Å². The van der Waals surface area contributed by atoms with E-state index in [-0.39, 0.29) is 5.91 Å². The number of aromatic nitrogens is 1. The van der Waals surface area contributed by atoms with Crippen LogP contribution in [-0.4, -0.2) is 47.5 Å². The van der Waals surface area contributed by atoms with Crippen molar-refractivity contribution in [1.29, 1.82) is 0 Å². The average Bonchev–Trinajstić information content (AvgIpc) is 2.95. The van der Waals surface area contributed by atoms with E-state index < -0.39 is 0 Å². The first-order valence-corrected chi connectivity index (χ1v) is 8.00. The smallest absolute Gasteiger partial charge is 0.255 e. The number of anilines is 1. The van der Waals surface area contributed by atoms with Crippen LogP contribution in [0.2, 0.25) is 0 Å². The van der Waals surface area contributed by atoms with Crippen LogP contribution in [0, 0.1) is 0 Å². The van der Waals surface area contributed by atoms with E-state index in [0.29, 0.717) is 17.6 Å². The number of pyridine rings is 1. The van der Waals surface area contributed by atoms with E-state index in [2.05, 4.69) is 20.5 Å². The lowest BCUT2D eigenvalue weighted by Gasteiger charge is -2.35. The van der Waals surface area contributed by atoms with E-state index in [1.807, 2.05) is 13.0 Å². The van der Waals surface area contributed by atoms with E-state index in [1.54, 1.807) is 12.4 Å². The highest BCUT2D eigenvalue weighted by atomic mass is 16.1. The predicted octanol–water partition coefficient (Wildman–Crippen LogP) is 1.87. The van der Waals surface area contributed by atoms with Gasteiger partial charge in [-0.15, -0.1) is 0 Å². The van der Waals surface area contributed by atoms with Gasteiger partial charge >= 0.3 is 0 Å². The number of nitrogens with one attached hydrogen (secondary N) is 2. The van der Waals surface area contributed by atoms with Crippen LogP contribution < -0.4 is 10.6 Å². The lowest BCUT2D eigenvalue weighted by Crippen LogP contribution is -2.47. The van der Waals surface area contributed by atoms with E-state index in [9.17, 15) is 4.79 Å². The summed E-state index contributed by atoms with van der Waals surface area (Å²) in [5.74, 6) is -0.00417. The van der Waals surface area contributed by atoms with Crippen LogP contribution in [0.25, 0.3) is 0 Å². The molecule has 2 saturated heterocycles. The van der Waals surface area contributed by atoms with E-state index in [1.165, 1.54) is 19.4 Å². The summed E-state index contributed by atoms with van der Waals surface area (Å²) in [6, 6.07) is 2.83. The monoisotopic (exact) mass is 288 g/mol. The molecule has 3 heterocycles. The predicted molar refractivity (Wildman–Crippen MR) is 83.5 cm³/mol. The molecule has 0 aromatic carbocycles. The second-order valence-corrected chi connectivity index (χ2v) is 5.98. The zero-order valence-electron chi connectivity index (χ0n) is 12.6. The van der Waals surface area contributed by atoms with Crippen LogP contribution in [0.3, 0.4) is 0 Å². The summed E-state index contributed by atoms with van der Waals surface area (Å²) < 4.78 is 0. The maximum atomic E-state index is 12.5. The van der Waals surface area contributed by atoms with Gasteiger partial charge in [-0.2, -0.15) is 0 Å². The second-order valence-electron chi connectivity index (χ2n) is 5.98. The molecule has 21 heavy (non-hydrogen) atoms. The first kappa shape index (κ1) is 14.3. The summed E-state index contributed by atoms with van der Waals surface area (Å²) in [5.41, 5.74) is 1.51. The third kappa shape index (κ3) is 3.18. The zero-order valence-corrected chi connectivity index (χ0v) is 12.6. The normalized spacial score (nSPS) is 25.4. The Morgan fingerprint density at radius 2 is 2.33 bits per heavy atom. The highest BCUT2D eigenvalue weighted by Gasteiger charge is 2.32. The van der Waals surface area contributed by atoms with Gasteiger partial charge in [0.25, 0.3) is 5.91 Å². The fourth-order valence-electron chi connectivity index (χ4n) is 3.54. The first-order valence-electron chi connectivity index (χ1n) is 8.00. The van der Waals surface area contributed by atoms with Crippen LogP contribution in [-0.2, 0) is 0 Å². The fourth-order valence-corrected chi connectivity index (χ4v) is 3.54. The van der Waals surface area contributed by atoms with Crippen molar-refractivity contribution in [2.75, 3.05) is 25.0 Å². The Labute approximate surface area is 126 Å². The van der Waals surface area contributed by atoms with Gasteiger partial charge in [-0.25, -0.2) is 0 Å². The molecular formula is C16H24N4O. The van der Waals surface area contributed by atoms with Gasteiger partial charge in [0.05, 0.1) is 11.3 Å². The molecule has 2 N–H and O–H groups in total. The third-order valence-corrected chi connectivity index (χ3v) is 4.59. The van der Waals surface area contributed by atoms with Crippen LogP contribution >= 0.6 is 0 Å². The van der Waals surface area contributed by atoms with Gasteiger partial charge in [0, 0.05) is 37.6 Å². The minimum atomic E-state index is -0.00417. The number of piperidine rings is 1. The van der Waals surface area contributed by atoms with Crippen molar-refractivity contribution in [3.05, 3.63) is 24.0 Å². The molecule has 2 unspecified atom stereocenters. The highest BCUT2D eigenvalue weighted by molar-refractivity contribution is 5.99. The van der Waals surface area contributed by atoms with Gasteiger partial charge in [-0.05, 0) is 45.2 Å². The molecule has 5 heteroatoms. The summed E-state index contributed by atoms with van der Waals surface area (Å²) in [6.45, 7) is 5.17. The van der Waals surface area contributed by atoms with Gasteiger partial charge in [0.15, 0.2) is 0 Å². The molecule has 0 bridgehead atoms. The van der Waals surface area contributed by atoms with Crippen LogP contribution in [0.5, 0.6) is 0 Å². The maximum absolute atomic E-state index is 12.5. The summed E-state index contributed by atoms with van der Waals surface area (Å²) in [6.07, 6.45) is 8.09. The van der Waals surface area contributed by atoms with E-state index >= 15 is 0 Å². The number of hydrogen-bond donors (Lipinski definition) is 2. The number of hydrogen-bond acceptors (Lipinski definition) is 4. The average molecular weight is 288 g/mol. The molecule has 1 aromatic heterocycles. The fraction of sp³-hybridized carbons (Fsp3) is 0.625. The van der Waals surface area contributed by atoms with E-state index in [4.69, 9.17) is 0 Å². The third-order valence-electron chi connectivity index (χ3n) is 4.59. The summed E-state index contributed by atoms with van der Waals surface area (Å²) >= 11 is 0. The number of nitrogens with zero attached hydrogens (tertiary/aromatic N) is 2. The van der Waals surface area contributed by atoms with Crippen molar-refractivity contribution in [3.63, 3.8) is 0 Å². The molecule has 1 amide bonds. The molecular weight excluding hydrogens is 264 g/mol. The number of rotatable bonds is 4. The minimum Gasteiger partial charge on any atom is -0.385 e. The Morgan fingerprint density at radius 3 is 3.19 bits per heavy atom. The van der Waals surface area contributed by atoms with Crippen molar-refractivity contribution < 1.29 is 4.79 Å². The molecule has 2 aliphatic rings. The van der Waals surface area contributed by atoms with Gasteiger partial charge in [-0.1, -0.05) is 0 Å². The molecule has 5 nitrogen and oxygen atoms in total. The van der Waals surface area contributed by atoms with Crippen molar-refractivity contribution in [2.45, 2.75) is 44.7 Å². The Morgan fingerprint density at radius 1 is 1.43 bits per heavy atom. The largest absolute Gasteiger partial charge is 0.385 e. The SMILES string of the molecule is CCNc1ccncc1C(=O)NC1CCN2CCCC2C1. The molecule has 114 valence electrons.